The van der Waals surface area contributed by atoms with Crippen molar-refractivity contribution >= 4 is 17.3 Å². The lowest BCUT2D eigenvalue weighted by Crippen LogP contribution is -2.25. The molecule has 3 aromatic rings. The van der Waals surface area contributed by atoms with Crippen LogP contribution in [0.15, 0.2) is 53.7 Å². The van der Waals surface area contributed by atoms with Crippen LogP contribution < -0.4 is 10.9 Å². The molecule has 0 saturated carbocycles. The van der Waals surface area contributed by atoms with Gasteiger partial charge in [0.05, 0.1) is 31.2 Å². The van der Waals surface area contributed by atoms with Gasteiger partial charge in [-0.2, -0.15) is 10.2 Å². The van der Waals surface area contributed by atoms with E-state index in [1.165, 1.54) is 4.68 Å². The van der Waals surface area contributed by atoms with Crippen LogP contribution in [-0.4, -0.2) is 26.1 Å². The summed E-state index contributed by atoms with van der Waals surface area (Å²) < 4.78 is 3.19. The van der Waals surface area contributed by atoms with Crippen molar-refractivity contribution in [2.24, 2.45) is 0 Å². The van der Waals surface area contributed by atoms with E-state index >= 15 is 0 Å². The van der Waals surface area contributed by atoms with Crippen LogP contribution in [0, 0.1) is 6.92 Å². The molecule has 0 spiro atoms. The quantitative estimate of drug-likeness (QED) is 0.747. The molecule has 0 atom stereocenters. The second-order valence-corrected chi connectivity index (χ2v) is 5.91. The average Bonchev–Trinajstić information content (AvgIpc) is 3.00. The third-order valence-corrected chi connectivity index (χ3v) is 3.94. The van der Waals surface area contributed by atoms with Crippen LogP contribution in [0.5, 0.6) is 0 Å². The van der Waals surface area contributed by atoms with Gasteiger partial charge in [-0.3, -0.25) is 9.48 Å². The molecule has 3 rings (SSSR count). The average molecular weight is 344 g/mol. The van der Waals surface area contributed by atoms with Crippen LogP contribution in [-0.2, 0) is 13.1 Å². The van der Waals surface area contributed by atoms with Crippen LogP contribution in [0.3, 0.4) is 0 Å². The molecular formula is C17H18ClN5O. The van der Waals surface area contributed by atoms with Gasteiger partial charge < -0.3 is 5.32 Å². The molecule has 0 saturated heterocycles. The molecule has 0 aliphatic rings. The Bertz CT molecular complexity index is 872. The normalized spacial score (nSPS) is 10.8. The van der Waals surface area contributed by atoms with Gasteiger partial charge in [0.15, 0.2) is 0 Å². The molecule has 24 heavy (non-hydrogen) atoms. The maximum absolute atomic E-state index is 12.3. The number of anilines is 1. The van der Waals surface area contributed by atoms with Gasteiger partial charge in [-0.05, 0) is 18.1 Å². The Morgan fingerprint density at radius 1 is 1.17 bits per heavy atom. The van der Waals surface area contributed by atoms with Crippen molar-refractivity contribution < 1.29 is 0 Å². The standard InChI is InChI=1S/C17H18ClN5O/c1-13-9-20-22(11-13)8-7-19-15-10-21-23(17(24)16(15)18)12-14-5-3-2-4-6-14/h2-6,9-11,19H,7-8,12H2,1H3. The van der Waals surface area contributed by atoms with Gasteiger partial charge in [0.1, 0.15) is 5.02 Å². The van der Waals surface area contributed by atoms with Crippen molar-refractivity contribution in [3.63, 3.8) is 0 Å². The van der Waals surface area contributed by atoms with E-state index in [0.29, 0.717) is 25.3 Å². The minimum atomic E-state index is -0.305. The lowest BCUT2D eigenvalue weighted by Gasteiger charge is -2.10. The molecule has 0 aliphatic heterocycles. The zero-order chi connectivity index (χ0) is 16.9. The summed E-state index contributed by atoms with van der Waals surface area (Å²) in [5.41, 5.74) is 2.34. The summed E-state index contributed by atoms with van der Waals surface area (Å²) in [7, 11) is 0. The van der Waals surface area contributed by atoms with E-state index in [1.54, 1.807) is 12.4 Å². The van der Waals surface area contributed by atoms with Gasteiger partial charge >= 0.3 is 0 Å². The topological polar surface area (TPSA) is 64.7 Å². The molecule has 0 bridgehead atoms. The summed E-state index contributed by atoms with van der Waals surface area (Å²) in [5, 5.41) is 11.7. The fourth-order valence-electron chi connectivity index (χ4n) is 2.35. The molecule has 0 aliphatic carbocycles. The van der Waals surface area contributed by atoms with E-state index < -0.39 is 0 Å². The lowest BCUT2D eigenvalue weighted by molar-refractivity contribution is 0.630. The number of nitrogens with zero attached hydrogens (tertiary/aromatic N) is 4. The first-order chi connectivity index (χ1) is 11.6. The van der Waals surface area contributed by atoms with E-state index in [-0.39, 0.29) is 10.6 Å². The number of hydrogen-bond donors (Lipinski definition) is 1. The first-order valence-electron chi connectivity index (χ1n) is 7.66. The number of hydrogen-bond acceptors (Lipinski definition) is 4. The van der Waals surface area contributed by atoms with Gasteiger partial charge in [-0.25, -0.2) is 4.68 Å². The molecule has 0 fully saturated rings. The SMILES string of the molecule is Cc1cnn(CCNc2cnn(Cc3ccccc3)c(=O)c2Cl)c1. The second kappa shape index (κ2) is 7.31. The molecule has 1 aromatic carbocycles. The molecular weight excluding hydrogens is 326 g/mol. The summed E-state index contributed by atoms with van der Waals surface area (Å²) in [5.74, 6) is 0. The summed E-state index contributed by atoms with van der Waals surface area (Å²) in [6.45, 7) is 3.66. The fourth-order valence-corrected chi connectivity index (χ4v) is 2.56. The molecule has 0 unspecified atom stereocenters. The number of rotatable bonds is 6. The van der Waals surface area contributed by atoms with Crippen LogP contribution in [0.25, 0.3) is 0 Å². The van der Waals surface area contributed by atoms with Crippen molar-refractivity contribution in [3.05, 3.63) is 75.4 Å². The number of benzene rings is 1. The molecule has 7 heteroatoms. The van der Waals surface area contributed by atoms with Crippen molar-refractivity contribution in [1.29, 1.82) is 0 Å². The number of nitrogens with one attached hydrogen (secondary N) is 1. The van der Waals surface area contributed by atoms with Gasteiger partial charge in [-0.15, -0.1) is 0 Å². The Kier molecular flexibility index (Phi) is 4.96. The van der Waals surface area contributed by atoms with E-state index in [0.717, 1.165) is 11.1 Å². The first kappa shape index (κ1) is 16.3. The van der Waals surface area contributed by atoms with Gasteiger partial charge in [0.25, 0.3) is 5.56 Å². The maximum atomic E-state index is 12.3. The Labute approximate surface area is 144 Å². The van der Waals surface area contributed by atoms with Crippen LogP contribution in [0.1, 0.15) is 11.1 Å². The number of aryl methyl sites for hydroxylation is 1. The summed E-state index contributed by atoms with van der Waals surface area (Å²) >= 11 is 6.19. The van der Waals surface area contributed by atoms with Crippen LogP contribution in [0.2, 0.25) is 5.02 Å². The fraction of sp³-hybridized carbons (Fsp3) is 0.235. The first-order valence-corrected chi connectivity index (χ1v) is 8.04. The van der Waals surface area contributed by atoms with Crippen molar-refractivity contribution in [1.82, 2.24) is 19.6 Å². The molecule has 6 nitrogen and oxygen atoms in total. The Morgan fingerprint density at radius 3 is 2.67 bits per heavy atom. The largest absolute Gasteiger partial charge is 0.381 e. The zero-order valence-electron chi connectivity index (χ0n) is 13.3. The Morgan fingerprint density at radius 2 is 1.96 bits per heavy atom. The highest BCUT2D eigenvalue weighted by Crippen LogP contribution is 2.15. The van der Waals surface area contributed by atoms with Crippen LogP contribution in [0.4, 0.5) is 5.69 Å². The van der Waals surface area contributed by atoms with E-state index in [9.17, 15) is 4.79 Å². The Balaban J connectivity index is 1.67. The molecule has 2 aromatic heterocycles. The zero-order valence-corrected chi connectivity index (χ0v) is 14.1. The van der Waals surface area contributed by atoms with Gasteiger partial charge in [-0.1, -0.05) is 41.9 Å². The molecule has 124 valence electrons. The Hall–Kier alpha value is -2.60. The van der Waals surface area contributed by atoms with Gasteiger partial charge in [0.2, 0.25) is 0 Å². The molecule has 0 radical (unpaired) electrons. The van der Waals surface area contributed by atoms with Crippen molar-refractivity contribution in [3.8, 4) is 0 Å². The monoisotopic (exact) mass is 343 g/mol. The maximum Gasteiger partial charge on any atom is 0.287 e. The smallest absolute Gasteiger partial charge is 0.287 e. The molecule has 0 amide bonds. The highest BCUT2D eigenvalue weighted by Gasteiger charge is 2.09. The highest BCUT2D eigenvalue weighted by molar-refractivity contribution is 6.32. The molecule has 2 heterocycles. The van der Waals surface area contributed by atoms with E-state index in [1.807, 2.05) is 48.1 Å². The summed E-state index contributed by atoms with van der Waals surface area (Å²) in [6, 6.07) is 9.67. The van der Waals surface area contributed by atoms with Crippen LogP contribution >= 0.6 is 11.6 Å². The predicted octanol–water partition coefficient (Wildman–Crippen LogP) is 2.56. The van der Waals surface area contributed by atoms with Crippen molar-refractivity contribution in [2.75, 3.05) is 11.9 Å². The number of aromatic nitrogens is 4. The van der Waals surface area contributed by atoms with E-state index in [2.05, 4.69) is 15.5 Å². The highest BCUT2D eigenvalue weighted by atomic mass is 35.5. The van der Waals surface area contributed by atoms with Crippen molar-refractivity contribution in [2.45, 2.75) is 20.0 Å². The van der Waals surface area contributed by atoms with Gasteiger partial charge in [0, 0.05) is 12.7 Å². The summed E-state index contributed by atoms with van der Waals surface area (Å²) in [4.78, 5) is 12.3. The second-order valence-electron chi connectivity index (χ2n) is 5.53. The third kappa shape index (κ3) is 3.83. The van der Waals surface area contributed by atoms with E-state index in [4.69, 9.17) is 11.6 Å². The molecule has 1 N–H and O–H groups in total. The predicted molar refractivity (Wildman–Crippen MR) is 94.5 cm³/mol. The minimum absolute atomic E-state index is 0.151. The number of halogens is 1. The summed E-state index contributed by atoms with van der Waals surface area (Å²) in [6.07, 6.45) is 5.35. The third-order valence-electron chi connectivity index (χ3n) is 3.58. The minimum Gasteiger partial charge on any atom is -0.381 e. The lowest BCUT2D eigenvalue weighted by atomic mass is 10.2.